The van der Waals surface area contributed by atoms with E-state index in [9.17, 15) is 18.4 Å². The zero-order chi connectivity index (χ0) is 30.0. The second-order valence-corrected chi connectivity index (χ2v) is 13.7. The number of para-hydroxylation sites is 1. The van der Waals surface area contributed by atoms with E-state index in [-0.39, 0.29) is 29.9 Å². The number of rotatable bonds is 9. The topological polar surface area (TPSA) is 93.2 Å². The molecular weight excluding hydrogens is 589 g/mol. The molecule has 0 aliphatic heterocycles. The Kier molecular flexibility index (Phi) is 6.83. The Hall–Kier alpha value is -3.62. The highest BCUT2D eigenvalue weighted by Crippen LogP contribution is 2.49. The van der Waals surface area contributed by atoms with Crippen molar-refractivity contribution in [1.29, 1.82) is 5.26 Å². The smallest absolute Gasteiger partial charge is 0.405 e. The average Bonchev–Trinajstić information content (AvgIpc) is 3.92. The molecule has 4 aromatic rings. The molecule has 44 heavy (non-hydrogen) atoms. The van der Waals surface area contributed by atoms with Crippen LogP contribution in [0.5, 0.6) is 5.75 Å². The maximum absolute atomic E-state index is 13.1. The van der Waals surface area contributed by atoms with Crippen LogP contribution in [0.1, 0.15) is 85.7 Å². The number of aromatic nitrogens is 2. The number of halogens is 3. The summed E-state index contributed by atoms with van der Waals surface area (Å²) in [6, 6.07) is 12.6. The molecule has 2 bridgehead atoms. The molecule has 2 aromatic heterocycles. The van der Waals surface area contributed by atoms with Gasteiger partial charge in [0.1, 0.15) is 17.2 Å². The normalized spacial score (nSPS) is 24.9. The molecule has 0 amide bonds. The van der Waals surface area contributed by atoms with Gasteiger partial charge in [-0.2, -0.15) is 5.26 Å². The molecule has 4 fully saturated rings. The van der Waals surface area contributed by atoms with Crippen molar-refractivity contribution in [1.82, 2.24) is 10.1 Å². The Balaban J connectivity index is 0.980. The molecule has 4 aliphatic rings. The zero-order valence-electron chi connectivity index (χ0n) is 23.9. The lowest BCUT2D eigenvalue weighted by atomic mass is 9.82. The van der Waals surface area contributed by atoms with Gasteiger partial charge in [-0.3, -0.25) is 0 Å². The highest BCUT2D eigenvalue weighted by atomic mass is 32.1. The fourth-order valence-corrected chi connectivity index (χ4v) is 8.28. The van der Waals surface area contributed by atoms with Gasteiger partial charge in [-0.05, 0) is 98.9 Å². The molecule has 0 radical (unpaired) electrons. The minimum atomic E-state index is -4.81. The molecule has 2 atom stereocenters. The number of nitriles is 1. The van der Waals surface area contributed by atoms with Crippen LogP contribution in [-0.2, 0) is 11.3 Å². The third-order valence-electron chi connectivity index (χ3n) is 9.61. The molecule has 0 saturated heterocycles. The zero-order valence-corrected chi connectivity index (χ0v) is 24.7. The third kappa shape index (κ3) is 5.43. The molecule has 7 nitrogen and oxygen atoms in total. The summed E-state index contributed by atoms with van der Waals surface area (Å²) in [6.45, 7) is 0.232. The number of anilines is 1. The van der Waals surface area contributed by atoms with Crippen molar-refractivity contribution in [2.24, 2.45) is 11.8 Å². The Morgan fingerprint density at radius 2 is 1.77 bits per heavy atom. The van der Waals surface area contributed by atoms with Crippen molar-refractivity contribution in [2.75, 3.05) is 5.32 Å². The molecule has 2 aromatic carbocycles. The van der Waals surface area contributed by atoms with Crippen molar-refractivity contribution < 1.29 is 27.2 Å². The van der Waals surface area contributed by atoms with Crippen LogP contribution < -0.4 is 10.1 Å². The van der Waals surface area contributed by atoms with E-state index in [4.69, 9.17) is 14.2 Å². The number of ether oxygens (including phenoxy) is 2. The van der Waals surface area contributed by atoms with Crippen LogP contribution in [0.2, 0.25) is 0 Å². The van der Waals surface area contributed by atoms with Crippen LogP contribution in [0.3, 0.4) is 0 Å². The van der Waals surface area contributed by atoms with Gasteiger partial charge in [0, 0.05) is 23.1 Å². The second kappa shape index (κ2) is 10.8. The summed E-state index contributed by atoms with van der Waals surface area (Å²) in [6.07, 6.45) is 3.51. The summed E-state index contributed by atoms with van der Waals surface area (Å²) in [5.74, 6) is 2.02. The van der Waals surface area contributed by atoms with Crippen LogP contribution in [-0.4, -0.2) is 28.6 Å². The van der Waals surface area contributed by atoms with Gasteiger partial charge in [-0.25, -0.2) is 4.98 Å². The fraction of sp³-hybridized carbons (Fsp3) is 0.485. The van der Waals surface area contributed by atoms with Crippen molar-refractivity contribution in [3.05, 3.63) is 58.8 Å². The summed E-state index contributed by atoms with van der Waals surface area (Å²) in [4.78, 5) is 5.00. The summed E-state index contributed by atoms with van der Waals surface area (Å²) in [5, 5.41) is 18.4. The predicted octanol–water partition coefficient (Wildman–Crippen LogP) is 8.66. The molecule has 228 valence electrons. The Morgan fingerprint density at radius 3 is 2.48 bits per heavy atom. The van der Waals surface area contributed by atoms with Crippen molar-refractivity contribution in [3.63, 3.8) is 0 Å². The third-order valence-corrected chi connectivity index (χ3v) is 10.5. The molecule has 0 spiro atoms. The number of thiazole rings is 1. The number of benzene rings is 2. The first-order valence-electron chi connectivity index (χ1n) is 15.4. The van der Waals surface area contributed by atoms with Gasteiger partial charge >= 0.3 is 6.36 Å². The number of fused-ring (bicyclic) bond motifs is 3. The van der Waals surface area contributed by atoms with E-state index in [0.717, 1.165) is 72.3 Å². The van der Waals surface area contributed by atoms with Crippen LogP contribution in [0.4, 0.5) is 18.3 Å². The number of hydrogen-bond donors (Lipinski definition) is 1. The van der Waals surface area contributed by atoms with E-state index in [1.165, 1.54) is 17.7 Å². The maximum atomic E-state index is 13.1. The predicted molar refractivity (Wildman–Crippen MR) is 158 cm³/mol. The van der Waals surface area contributed by atoms with Crippen molar-refractivity contribution in [3.8, 4) is 23.1 Å². The van der Waals surface area contributed by atoms with E-state index in [1.54, 1.807) is 23.5 Å². The van der Waals surface area contributed by atoms with Gasteiger partial charge in [0.25, 0.3) is 0 Å². The van der Waals surface area contributed by atoms with Crippen molar-refractivity contribution >= 4 is 26.7 Å². The largest absolute Gasteiger partial charge is 0.573 e. The quantitative estimate of drug-likeness (QED) is 0.200. The van der Waals surface area contributed by atoms with E-state index in [2.05, 4.69) is 21.3 Å². The number of alkyl halides is 3. The fourth-order valence-electron chi connectivity index (χ4n) is 7.29. The van der Waals surface area contributed by atoms with Crippen LogP contribution in [0, 0.1) is 23.2 Å². The summed E-state index contributed by atoms with van der Waals surface area (Å²) in [7, 11) is 0. The lowest BCUT2D eigenvalue weighted by Gasteiger charge is -2.35. The van der Waals surface area contributed by atoms with Gasteiger partial charge in [-0.1, -0.05) is 28.6 Å². The van der Waals surface area contributed by atoms with E-state index in [1.807, 2.05) is 12.1 Å². The van der Waals surface area contributed by atoms with Gasteiger partial charge < -0.3 is 19.3 Å². The van der Waals surface area contributed by atoms with E-state index >= 15 is 0 Å². The number of nitrogens with one attached hydrogen (secondary N) is 1. The van der Waals surface area contributed by atoms with Gasteiger partial charge in [0.05, 0.1) is 34.6 Å². The first-order chi connectivity index (χ1) is 21.3. The molecule has 8 rings (SSSR count). The molecule has 11 heteroatoms. The first kappa shape index (κ1) is 27.9. The second-order valence-electron chi connectivity index (χ2n) is 12.7. The molecule has 4 aliphatic carbocycles. The van der Waals surface area contributed by atoms with Crippen molar-refractivity contribution in [2.45, 2.75) is 88.3 Å². The molecular formula is C33H31F3N4O3S. The first-order valence-corrected chi connectivity index (χ1v) is 16.2. The number of nitrogens with zero attached hydrogens (tertiary/aromatic N) is 3. The van der Waals surface area contributed by atoms with Crippen LogP contribution in [0.25, 0.3) is 21.5 Å². The average molecular weight is 621 g/mol. The minimum Gasteiger partial charge on any atom is -0.405 e. The van der Waals surface area contributed by atoms with Gasteiger partial charge in [-0.15, -0.1) is 13.2 Å². The summed E-state index contributed by atoms with van der Waals surface area (Å²) < 4.78 is 57.0. The van der Waals surface area contributed by atoms with Crippen LogP contribution >= 0.6 is 11.3 Å². The molecule has 1 N–H and O–H groups in total. The minimum absolute atomic E-state index is 0.0389. The summed E-state index contributed by atoms with van der Waals surface area (Å²) in [5.41, 5.74) is 4.25. The van der Waals surface area contributed by atoms with E-state index in [0.29, 0.717) is 40.8 Å². The maximum Gasteiger partial charge on any atom is 0.573 e. The van der Waals surface area contributed by atoms with Gasteiger partial charge in [0.15, 0.2) is 5.13 Å². The lowest BCUT2D eigenvalue weighted by molar-refractivity contribution is -0.274. The highest BCUT2D eigenvalue weighted by Gasteiger charge is 2.44. The molecule has 4 saturated carbocycles. The standard InChI is InChI=1S/C33H31F3N4O3S/c34-33(35,36)42-26-4-2-1-3-23(26)29-25(31(43-40-29)19-7-8-19)16-41-22-13-20-9-10-21(14-22)28(20)38-32-39-30-24(18-5-6-18)11-17(15-37)12-27(30)44-32/h1-4,11-12,18-22,28H,5-10,13-14,16H2,(H,38,39). The Labute approximate surface area is 256 Å². The molecule has 2 unspecified atom stereocenters. The van der Waals surface area contributed by atoms with E-state index < -0.39 is 6.36 Å². The monoisotopic (exact) mass is 620 g/mol. The Bertz CT molecular complexity index is 1740. The Morgan fingerprint density at radius 1 is 1.02 bits per heavy atom. The van der Waals surface area contributed by atoms with Gasteiger partial charge in [0.2, 0.25) is 0 Å². The lowest BCUT2D eigenvalue weighted by Crippen LogP contribution is -2.39. The molecule has 2 heterocycles. The summed E-state index contributed by atoms with van der Waals surface area (Å²) >= 11 is 1.63. The SMILES string of the molecule is N#Cc1cc(C2CC2)c2nc(NC3C4CCC3CC(OCc3c(-c5ccccc5OC(F)(F)F)noc3C3CC3)C4)sc2c1. The van der Waals surface area contributed by atoms with Crippen LogP contribution in [0.15, 0.2) is 40.9 Å². The highest BCUT2D eigenvalue weighted by molar-refractivity contribution is 7.22. The number of hydrogen-bond acceptors (Lipinski definition) is 8.